The van der Waals surface area contributed by atoms with Gasteiger partial charge < -0.3 is 5.32 Å². The Morgan fingerprint density at radius 1 is 1.47 bits per heavy atom. The molecule has 0 saturated heterocycles. The molecule has 7 heteroatoms. The van der Waals surface area contributed by atoms with Crippen LogP contribution in [0.4, 0.5) is 11.5 Å². The van der Waals surface area contributed by atoms with Gasteiger partial charge in [0.15, 0.2) is 0 Å². The molecule has 1 aromatic rings. The molecule has 1 aromatic heterocycles. The van der Waals surface area contributed by atoms with Crippen LogP contribution < -0.4 is 5.32 Å². The highest BCUT2D eigenvalue weighted by Crippen LogP contribution is 2.33. The van der Waals surface area contributed by atoms with Crippen LogP contribution in [0.15, 0.2) is 6.33 Å². The predicted octanol–water partition coefficient (Wildman–Crippen LogP) is 3.42. The topological polar surface area (TPSA) is 81.0 Å². The van der Waals surface area contributed by atoms with E-state index in [4.69, 9.17) is 11.6 Å². The van der Waals surface area contributed by atoms with Crippen molar-refractivity contribution in [3.63, 3.8) is 0 Å². The first-order valence-corrected chi connectivity index (χ1v) is 6.92. The maximum absolute atomic E-state index is 11.0. The molecular formula is C12H17ClN4O2. The molecular weight excluding hydrogens is 268 g/mol. The lowest BCUT2D eigenvalue weighted by Gasteiger charge is -2.31. The Bertz CT molecular complexity index is 469. The van der Waals surface area contributed by atoms with E-state index < -0.39 is 4.92 Å². The van der Waals surface area contributed by atoms with Gasteiger partial charge in [-0.3, -0.25) is 10.1 Å². The first-order valence-electron chi connectivity index (χ1n) is 6.55. The standard InChI is InChI=1S/C12H17ClN4O2/c1-2-8-5-3-4-6-9(8)16-12-10(17(18)19)11(13)14-7-15-12/h7-9H,2-6H2,1H3,(H,14,15,16). The SMILES string of the molecule is CCC1CCCCC1Nc1ncnc(Cl)c1[N+](=O)[O-]. The lowest BCUT2D eigenvalue weighted by atomic mass is 9.83. The molecule has 1 heterocycles. The Labute approximate surface area is 116 Å². The molecule has 0 aliphatic heterocycles. The van der Waals surface area contributed by atoms with E-state index >= 15 is 0 Å². The number of nitrogens with zero attached hydrogens (tertiary/aromatic N) is 3. The molecule has 1 aliphatic carbocycles. The molecule has 2 rings (SSSR count). The molecule has 1 fully saturated rings. The van der Waals surface area contributed by atoms with Crippen molar-refractivity contribution in [3.8, 4) is 0 Å². The van der Waals surface area contributed by atoms with Crippen molar-refractivity contribution in [1.82, 2.24) is 9.97 Å². The molecule has 1 saturated carbocycles. The molecule has 104 valence electrons. The van der Waals surface area contributed by atoms with Crippen LogP contribution in [0.5, 0.6) is 0 Å². The summed E-state index contributed by atoms with van der Waals surface area (Å²) in [6.45, 7) is 2.14. The van der Waals surface area contributed by atoms with Gasteiger partial charge in [-0.1, -0.05) is 37.8 Å². The van der Waals surface area contributed by atoms with E-state index in [1.165, 1.54) is 12.7 Å². The number of nitrogens with one attached hydrogen (secondary N) is 1. The number of rotatable bonds is 4. The smallest absolute Gasteiger partial charge is 0.348 e. The summed E-state index contributed by atoms with van der Waals surface area (Å²) in [5.74, 6) is 0.762. The van der Waals surface area contributed by atoms with Crippen molar-refractivity contribution in [2.45, 2.75) is 45.1 Å². The van der Waals surface area contributed by atoms with Crippen LogP contribution in [-0.4, -0.2) is 20.9 Å². The van der Waals surface area contributed by atoms with Crippen LogP contribution >= 0.6 is 11.6 Å². The Morgan fingerprint density at radius 2 is 2.21 bits per heavy atom. The van der Waals surface area contributed by atoms with Gasteiger partial charge in [-0.05, 0) is 18.8 Å². The second-order valence-electron chi connectivity index (χ2n) is 4.82. The van der Waals surface area contributed by atoms with Gasteiger partial charge in [-0.25, -0.2) is 9.97 Å². The lowest BCUT2D eigenvalue weighted by Crippen LogP contribution is -2.32. The maximum atomic E-state index is 11.0. The molecule has 2 unspecified atom stereocenters. The zero-order valence-corrected chi connectivity index (χ0v) is 11.6. The molecule has 0 radical (unpaired) electrons. The highest BCUT2D eigenvalue weighted by atomic mass is 35.5. The first kappa shape index (κ1) is 14.0. The summed E-state index contributed by atoms with van der Waals surface area (Å²) in [6.07, 6.45) is 6.84. The van der Waals surface area contributed by atoms with E-state index in [1.807, 2.05) is 0 Å². The monoisotopic (exact) mass is 284 g/mol. The summed E-state index contributed by atoms with van der Waals surface area (Å²) in [4.78, 5) is 18.1. The van der Waals surface area contributed by atoms with Crippen LogP contribution in [0.2, 0.25) is 5.15 Å². The number of hydrogen-bond donors (Lipinski definition) is 1. The van der Waals surface area contributed by atoms with Crippen molar-refractivity contribution < 1.29 is 4.92 Å². The van der Waals surface area contributed by atoms with Gasteiger partial charge in [-0.15, -0.1) is 0 Å². The van der Waals surface area contributed by atoms with Gasteiger partial charge in [-0.2, -0.15) is 0 Å². The molecule has 0 spiro atoms. The van der Waals surface area contributed by atoms with Crippen molar-refractivity contribution >= 4 is 23.1 Å². The second-order valence-corrected chi connectivity index (χ2v) is 5.18. The van der Waals surface area contributed by atoms with Gasteiger partial charge in [0.25, 0.3) is 0 Å². The van der Waals surface area contributed by atoms with Crippen LogP contribution in [0.3, 0.4) is 0 Å². The number of anilines is 1. The Balaban J connectivity index is 2.22. The summed E-state index contributed by atoms with van der Waals surface area (Å²) in [7, 11) is 0. The fourth-order valence-electron chi connectivity index (χ4n) is 2.69. The maximum Gasteiger partial charge on any atom is 0.348 e. The van der Waals surface area contributed by atoms with Crippen LogP contribution in [0.1, 0.15) is 39.0 Å². The zero-order chi connectivity index (χ0) is 13.8. The average molecular weight is 285 g/mol. The molecule has 0 bridgehead atoms. The number of nitro groups is 1. The van der Waals surface area contributed by atoms with Crippen molar-refractivity contribution in [3.05, 3.63) is 21.6 Å². The van der Waals surface area contributed by atoms with Crippen LogP contribution in [0, 0.1) is 16.0 Å². The largest absolute Gasteiger partial charge is 0.361 e. The van der Waals surface area contributed by atoms with Crippen molar-refractivity contribution in [2.75, 3.05) is 5.32 Å². The van der Waals surface area contributed by atoms with Gasteiger partial charge in [0, 0.05) is 6.04 Å². The second kappa shape index (κ2) is 6.14. The molecule has 0 amide bonds. The minimum absolute atomic E-state index is 0.119. The Kier molecular flexibility index (Phi) is 4.52. The Hall–Kier alpha value is -1.43. The van der Waals surface area contributed by atoms with Gasteiger partial charge >= 0.3 is 5.69 Å². The number of aromatic nitrogens is 2. The summed E-state index contributed by atoms with van der Waals surface area (Å²) in [5.41, 5.74) is -0.232. The van der Waals surface area contributed by atoms with E-state index in [-0.39, 0.29) is 22.7 Å². The first-order chi connectivity index (χ1) is 9.13. The summed E-state index contributed by atoms with van der Waals surface area (Å²) in [5, 5.41) is 14.1. The van der Waals surface area contributed by atoms with Gasteiger partial charge in [0.2, 0.25) is 11.0 Å². The highest BCUT2D eigenvalue weighted by Gasteiger charge is 2.28. The average Bonchev–Trinajstić information content (AvgIpc) is 2.39. The third-order valence-electron chi connectivity index (χ3n) is 3.72. The summed E-state index contributed by atoms with van der Waals surface area (Å²) in [6, 6.07) is 0.225. The van der Waals surface area contributed by atoms with E-state index in [0.717, 1.165) is 25.7 Å². The minimum Gasteiger partial charge on any atom is -0.361 e. The molecule has 2 atom stereocenters. The van der Waals surface area contributed by atoms with Crippen molar-refractivity contribution in [2.24, 2.45) is 5.92 Å². The van der Waals surface area contributed by atoms with Crippen LogP contribution in [0.25, 0.3) is 0 Å². The molecule has 1 aliphatic rings. The third-order valence-corrected chi connectivity index (χ3v) is 3.99. The van der Waals surface area contributed by atoms with Gasteiger partial charge in [0.05, 0.1) is 4.92 Å². The van der Waals surface area contributed by atoms with Gasteiger partial charge in [0.1, 0.15) is 6.33 Å². The van der Waals surface area contributed by atoms with E-state index in [0.29, 0.717) is 5.92 Å². The third kappa shape index (κ3) is 3.12. The fraction of sp³-hybridized carbons (Fsp3) is 0.667. The number of halogens is 1. The van der Waals surface area contributed by atoms with E-state index in [9.17, 15) is 10.1 Å². The quantitative estimate of drug-likeness (QED) is 0.520. The Morgan fingerprint density at radius 3 is 2.89 bits per heavy atom. The minimum atomic E-state index is -0.533. The highest BCUT2D eigenvalue weighted by molar-refractivity contribution is 6.31. The van der Waals surface area contributed by atoms with Crippen LogP contribution in [-0.2, 0) is 0 Å². The lowest BCUT2D eigenvalue weighted by molar-refractivity contribution is -0.384. The zero-order valence-electron chi connectivity index (χ0n) is 10.8. The molecule has 0 aromatic carbocycles. The fourth-order valence-corrected chi connectivity index (χ4v) is 2.89. The van der Waals surface area contributed by atoms with E-state index in [1.54, 1.807) is 0 Å². The molecule has 6 nitrogen and oxygen atoms in total. The number of hydrogen-bond acceptors (Lipinski definition) is 5. The normalized spacial score (nSPS) is 23.1. The van der Waals surface area contributed by atoms with Crippen molar-refractivity contribution in [1.29, 1.82) is 0 Å². The predicted molar refractivity (Wildman–Crippen MR) is 73.4 cm³/mol. The molecule has 19 heavy (non-hydrogen) atoms. The summed E-state index contributed by atoms with van der Waals surface area (Å²) >= 11 is 5.78. The summed E-state index contributed by atoms with van der Waals surface area (Å²) < 4.78 is 0. The van der Waals surface area contributed by atoms with E-state index in [2.05, 4.69) is 22.2 Å². The molecule has 1 N–H and O–H groups in total.